The van der Waals surface area contributed by atoms with Gasteiger partial charge in [0.2, 0.25) is 0 Å². The number of hydrogen-bond donors (Lipinski definition) is 0. The molecule has 1 fully saturated rings. The van der Waals surface area contributed by atoms with E-state index in [0.717, 1.165) is 0 Å². The second-order valence-corrected chi connectivity index (χ2v) is 2.23. The summed E-state index contributed by atoms with van der Waals surface area (Å²) in [6.07, 6.45) is 0.000772. The molecule has 0 spiro atoms. The molecule has 2 unspecified atom stereocenters. The Bertz CT molecular complexity index is 92.2. The van der Waals surface area contributed by atoms with Crippen molar-refractivity contribution < 1.29 is 12.6 Å². The molecule has 0 bridgehead atoms. The quantitative estimate of drug-likeness (QED) is 0.453. The van der Waals surface area contributed by atoms with Gasteiger partial charge in [0.05, 0.1) is 12.7 Å². The number of hydrogen-bond acceptors (Lipinski definition) is 3. The van der Waals surface area contributed by atoms with Gasteiger partial charge in [0.1, 0.15) is 0 Å². The molecule has 0 aromatic heterocycles. The summed E-state index contributed by atoms with van der Waals surface area (Å²) in [6, 6.07) is 0. The van der Waals surface area contributed by atoms with Gasteiger partial charge in [-0.25, -0.2) is 0 Å². The Kier molecular flexibility index (Phi) is 1.41. The van der Waals surface area contributed by atoms with Crippen molar-refractivity contribution in [3.8, 4) is 0 Å². The van der Waals surface area contributed by atoms with E-state index in [0.29, 0.717) is 6.61 Å². The van der Waals surface area contributed by atoms with Gasteiger partial charge in [0, 0.05) is 0 Å². The summed E-state index contributed by atoms with van der Waals surface area (Å²) >= 11 is -1.45. The van der Waals surface area contributed by atoms with Crippen molar-refractivity contribution in [1.82, 2.24) is 0 Å². The molecule has 0 radical (unpaired) electrons. The van der Waals surface area contributed by atoms with E-state index in [4.69, 9.17) is 0 Å². The minimum absolute atomic E-state index is 0.000772. The van der Waals surface area contributed by atoms with Crippen LogP contribution >= 0.6 is 0 Å². The predicted molar refractivity (Wildman–Crippen MR) is 24.6 cm³/mol. The molecule has 1 heterocycles. The second-order valence-electron chi connectivity index (χ2n) is 1.40. The smallest absolute Gasteiger partial charge is 0.266 e. The van der Waals surface area contributed by atoms with E-state index in [-0.39, 0.29) is 6.10 Å². The monoisotopic (exact) mass is 122 g/mol. The molecule has 3 nitrogen and oxygen atoms in total. The van der Waals surface area contributed by atoms with Gasteiger partial charge in [0.15, 0.2) is 0 Å². The van der Waals surface area contributed by atoms with Crippen LogP contribution in [0.3, 0.4) is 0 Å². The third-order valence-corrected chi connectivity index (χ3v) is 1.46. The molecule has 4 heteroatoms. The van der Waals surface area contributed by atoms with Crippen molar-refractivity contribution in [3.05, 3.63) is 0 Å². The average molecular weight is 122 g/mol. The Hall–Kier alpha value is 0.0700. The molecule has 0 N–H and O–H groups in total. The maximum Gasteiger partial charge on any atom is 0.305 e. The summed E-state index contributed by atoms with van der Waals surface area (Å²) in [6.45, 7) is 2.26. The van der Waals surface area contributed by atoms with Crippen LogP contribution in [0.2, 0.25) is 0 Å². The highest BCUT2D eigenvalue weighted by Gasteiger charge is 2.17. The van der Waals surface area contributed by atoms with E-state index < -0.39 is 11.4 Å². The molecule has 1 aliphatic rings. The molecule has 42 valence electrons. The predicted octanol–water partition coefficient (Wildman–Crippen LogP) is 0.000400. The summed E-state index contributed by atoms with van der Waals surface area (Å²) in [5.74, 6) is 0. The van der Waals surface area contributed by atoms with Crippen LogP contribution in [-0.4, -0.2) is 16.9 Å². The molecular formula is C3H6O3S. The van der Waals surface area contributed by atoms with Gasteiger partial charge in [-0.05, 0) is 6.92 Å². The molecule has 0 aliphatic carbocycles. The van der Waals surface area contributed by atoms with Gasteiger partial charge in [-0.15, -0.1) is 0 Å². The minimum Gasteiger partial charge on any atom is -0.266 e. The zero-order chi connectivity index (χ0) is 5.28. The molecule has 0 aromatic carbocycles. The molecule has 0 amide bonds. The SMILES string of the molecule is CC1COS(=O)O1. The maximum atomic E-state index is 10.1. The number of rotatable bonds is 0. The molecule has 1 aliphatic heterocycles. The highest BCUT2D eigenvalue weighted by atomic mass is 32.2. The summed E-state index contributed by atoms with van der Waals surface area (Å²) in [4.78, 5) is 0. The Labute approximate surface area is 44.5 Å². The first-order chi connectivity index (χ1) is 3.29. The van der Waals surface area contributed by atoms with Crippen molar-refractivity contribution in [3.63, 3.8) is 0 Å². The topological polar surface area (TPSA) is 35.5 Å². The van der Waals surface area contributed by atoms with Crippen molar-refractivity contribution in [1.29, 1.82) is 0 Å². The summed E-state index contributed by atoms with van der Waals surface area (Å²) in [5.41, 5.74) is 0. The molecule has 7 heavy (non-hydrogen) atoms. The van der Waals surface area contributed by atoms with E-state index >= 15 is 0 Å². The lowest BCUT2D eigenvalue weighted by Crippen LogP contribution is -2.00. The van der Waals surface area contributed by atoms with Gasteiger partial charge >= 0.3 is 11.4 Å². The first kappa shape index (κ1) is 5.21. The summed E-state index contributed by atoms with van der Waals surface area (Å²) in [7, 11) is 0. The van der Waals surface area contributed by atoms with Crippen LogP contribution in [0.15, 0.2) is 0 Å². The van der Waals surface area contributed by atoms with Crippen LogP contribution in [0.5, 0.6) is 0 Å². The zero-order valence-corrected chi connectivity index (χ0v) is 4.73. The molecule has 0 aromatic rings. The molecule has 2 atom stereocenters. The van der Waals surface area contributed by atoms with Crippen LogP contribution in [0.4, 0.5) is 0 Å². The van der Waals surface area contributed by atoms with Crippen LogP contribution < -0.4 is 0 Å². The van der Waals surface area contributed by atoms with Gasteiger partial charge < -0.3 is 0 Å². The van der Waals surface area contributed by atoms with Gasteiger partial charge in [-0.1, -0.05) is 0 Å². The van der Waals surface area contributed by atoms with Crippen molar-refractivity contribution in [2.24, 2.45) is 0 Å². The fraction of sp³-hybridized carbons (Fsp3) is 1.00. The Morgan fingerprint density at radius 1 is 1.86 bits per heavy atom. The Morgan fingerprint density at radius 3 is 2.71 bits per heavy atom. The fourth-order valence-corrected chi connectivity index (χ4v) is 1.02. The highest BCUT2D eigenvalue weighted by molar-refractivity contribution is 7.75. The summed E-state index contributed by atoms with van der Waals surface area (Å²) in [5, 5.41) is 0. The molecular weight excluding hydrogens is 116 g/mol. The standard InChI is InChI=1S/C3H6O3S/c1-3-2-5-7(4)6-3/h3H,2H2,1H3. The van der Waals surface area contributed by atoms with E-state index in [1.165, 1.54) is 0 Å². The van der Waals surface area contributed by atoms with Gasteiger partial charge in [-0.2, -0.15) is 4.21 Å². The largest absolute Gasteiger partial charge is 0.305 e. The van der Waals surface area contributed by atoms with Crippen molar-refractivity contribution >= 4 is 11.4 Å². The van der Waals surface area contributed by atoms with Crippen molar-refractivity contribution in [2.75, 3.05) is 6.61 Å². The second kappa shape index (κ2) is 1.90. The van der Waals surface area contributed by atoms with E-state index in [1.807, 2.05) is 6.92 Å². The average Bonchev–Trinajstić information content (AvgIpc) is 1.87. The molecule has 0 saturated carbocycles. The minimum atomic E-state index is -1.45. The van der Waals surface area contributed by atoms with E-state index in [1.54, 1.807) is 0 Å². The lowest BCUT2D eigenvalue weighted by atomic mass is 10.5. The first-order valence-corrected chi connectivity index (χ1v) is 3.01. The maximum absolute atomic E-state index is 10.1. The fourth-order valence-electron chi connectivity index (χ4n) is 0.341. The van der Waals surface area contributed by atoms with Crippen LogP contribution in [-0.2, 0) is 19.7 Å². The lowest BCUT2D eigenvalue weighted by Gasteiger charge is -1.88. The van der Waals surface area contributed by atoms with Crippen LogP contribution in [0.25, 0.3) is 0 Å². The van der Waals surface area contributed by atoms with Gasteiger partial charge in [-0.3, -0.25) is 8.37 Å². The van der Waals surface area contributed by atoms with Crippen LogP contribution in [0, 0.1) is 0 Å². The Balaban J connectivity index is 2.40. The zero-order valence-electron chi connectivity index (χ0n) is 3.92. The van der Waals surface area contributed by atoms with E-state index in [2.05, 4.69) is 8.37 Å². The van der Waals surface area contributed by atoms with Gasteiger partial charge in [0.25, 0.3) is 0 Å². The third-order valence-electron chi connectivity index (χ3n) is 0.642. The normalized spacial score (nSPS) is 41.9. The molecule has 1 rings (SSSR count). The molecule has 1 saturated heterocycles. The Morgan fingerprint density at radius 2 is 2.57 bits per heavy atom. The first-order valence-electron chi connectivity index (χ1n) is 2.01. The highest BCUT2D eigenvalue weighted by Crippen LogP contribution is 2.05. The third kappa shape index (κ3) is 1.22. The van der Waals surface area contributed by atoms with Crippen LogP contribution in [0.1, 0.15) is 6.92 Å². The van der Waals surface area contributed by atoms with E-state index in [9.17, 15) is 4.21 Å². The van der Waals surface area contributed by atoms with Crippen molar-refractivity contribution in [2.45, 2.75) is 13.0 Å². The summed E-state index contributed by atoms with van der Waals surface area (Å²) < 4.78 is 19.2. The lowest BCUT2D eigenvalue weighted by molar-refractivity contribution is 0.262.